The maximum Gasteiger partial charge on any atom is 0.141 e. The van der Waals surface area contributed by atoms with Gasteiger partial charge in [0.2, 0.25) is 0 Å². The second-order valence-electron chi connectivity index (χ2n) is 5.21. The van der Waals surface area contributed by atoms with Gasteiger partial charge in [-0.25, -0.2) is 4.39 Å². The molecule has 3 nitrogen and oxygen atoms in total. The summed E-state index contributed by atoms with van der Waals surface area (Å²) in [7, 11) is 0. The van der Waals surface area contributed by atoms with Gasteiger partial charge < -0.3 is 5.73 Å². The maximum atomic E-state index is 13.2. The first-order valence-electron chi connectivity index (χ1n) is 6.73. The number of hydrogen-bond acceptors (Lipinski definition) is 3. The smallest absolute Gasteiger partial charge is 0.141 e. The number of rotatable bonds is 5. The van der Waals surface area contributed by atoms with Crippen molar-refractivity contribution in [2.45, 2.75) is 33.0 Å². The van der Waals surface area contributed by atoms with E-state index in [1.807, 2.05) is 24.3 Å². The topological polar surface area (TPSA) is 42.2 Å². The van der Waals surface area contributed by atoms with Crippen molar-refractivity contribution < 1.29 is 4.39 Å². The maximum absolute atomic E-state index is 13.2. The number of para-hydroxylation sites is 1. The second kappa shape index (κ2) is 6.48. The molecule has 0 amide bonds. The average Bonchev–Trinajstić information content (AvgIpc) is 2.40. The summed E-state index contributed by atoms with van der Waals surface area (Å²) in [6.45, 7) is 5.62. The van der Waals surface area contributed by atoms with E-state index in [4.69, 9.17) is 5.73 Å². The summed E-state index contributed by atoms with van der Waals surface area (Å²) in [5.41, 5.74) is 8.73. The van der Waals surface area contributed by atoms with Crippen molar-refractivity contribution in [2.24, 2.45) is 0 Å². The molecule has 0 fully saturated rings. The van der Waals surface area contributed by atoms with E-state index in [1.165, 1.54) is 12.3 Å². The van der Waals surface area contributed by atoms with Gasteiger partial charge in [-0.05, 0) is 37.1 Å². The molecular formula is C16H20FN3. The molecule has 0 radical (unpaired) electrons. The van der Waals surface area contributed by atoms with E-state index in [0.29, 0.717) is 12.6 Å². The highest BCUT2D eigenvalue weighted by Gasteiger charge is 2.12. The Kier molecular flexibility index (Phi) is 4.69. The van der Waals surface area contributed by atoms with Gasteiger partial charge in [-0.3, -0.25) is 9.88 Å². The summed E-state index contributed by atoms with van der Waals surface area (Å²) < 4.78 is 13.2. The third-order valence-corrected chi connectivity index (χ3v) is 3.31. The fourth-order valence-electron chi connectivity index (χ4n) is 2.09. The van der Waals surface area contributed by atoms with Gasteiger partial charge >= 0.3 is 0 Å². The lowest BCUT2D eigenvalue weighted by Gasteiger charge is -2.27. The number of nitrogen functional groups attached to an aromatic ring is 1. The molecule has 106 valence electrons. The van der Waals surface area contributed by atoms with Crippen LogP contribution < -0.4 is 5.73 Å². The van der Waals surface area contributed by atoms with Crippen LogP contribution in [-0.4, -0.2) is 15.9 Å². The van der Waals surface area contributed by atoms with Gasteiger partial charge in [0.25, 0.3) is 0 Å². The highest BCUT2D eigenvalue weighted by atomic mass is 19.1. The number of benzene rings is 1. The summed E-state index contributed by atoms with van der Waals surface area (Å²) in [4.78, 5) is 6.13. The first kappa shape index (κ1) is 14.5. The van der Waals surface area contributed by atoms with Gasteiger partial charge in [-0.2, -0.15) is 0 Å². The Balaban J connectivity index is 2.14. The molecule has 0 aliphatic carbocycles. The lowest BCUT2D eigenvalue weighted by Crippen LogP contribution is -2.30. The molecule has 2 N–H and O–H groups in total. The number of nitrogens with two attached hydrogens (primary N) is 1. The Hall–Kier alpha value is -1.94. The molecule has 20 heavy (non-hydrogen) atoms. The first-order valence-corrected chi connectivity index (χ1v) is 6.73. The van der Waals surface area contributed by atoms with Gasteiger partial charge in [0.1, 0.15) is 5.82 Å². The Morgan fingerprint density at radius 2 is 1.95 bits per heavy atom. The minimum absolute atomic E-state index is 0.301. The summed E-state index contributed by atoms with van der Waals surface area (Å²) in [6, 6.07) is 9.68. The van der Waals surface area contributed by atoms with Gasteiger partial charge in [0.05, 0.1) is 6.20 Å². The molecule has 1 aromatic heterocycles. The van der Waals surface area contributed by atoms with Gasteiger partial charge in [-0.15, -0.1) is 0 Å². The third-order valence-electron chi connectivity index (χ3n) is 3.31. The minimum Gasteiger partial charge on any atom is -0.398 e. The number of nitrogens with zero attached hydrogens (tertiary/aromatic N) is 2. The molecule has 4 heteroatoms. The van der Waals surface area contributed by atoms with Crippen molar-refractivity contribution in [1.29, 1.82) is 0 Å². The van der Waals surface area contributed by atoms with Crippen LogP contribution in [0.15, 0.2) is 42.7 Å². The molecule has 1 heterocycles. The van der Waals surface area contributed by atoms with Gasteiger partial charge in [0.15, 0.2) is 0 Å². The SMILES string of the molecule is CC(C)N(Cc1cncc(F)c1)Cc1ccccc1N. The van der Waals surface area contributed by atoms with Crippen LogP contribution in [0.2, 0.25) is 0 Å². The molecule has 0 bridgehead atoms. The minimum atomic E-state index is -0.301. The van der Waals surface area contributed by atoms with E-state index in [0.717, 1.165) is 23.4 Å². The lowest BCUT2D eigenvalue weighted by molar-refractivity contribution is 0.203. The van der Waals surface area contributed by atoms with E-state index < -0.39 is 0 Å². The molecule has 2 aromatic rings. The van der Waals surface area contributed by atoms with Crippen molar-refractivity contribution in [3.8, 4) is 0 Å². The molecule has 1 aromatic carbocycles. The standard InChI is InChI=1S/C16H20FN3/c1-12(2)20(10-13-7-15(17)9-19-8-13)11-14-5-3-4-6-16(14)18/h3-9,12H,10-11,18H2,1-2H3. The van der Waals surface area contributed by atoms with Crippen molar-refractivity contribution in [3.63, 3.8) is 0 Å². The molecular weight excluding hydrogens is 253 g/mol. The average molecular weight is 273 g/mol. The van der Waals surface area contributed by atoms with Crippen LogP contribution >= 0.6 is 0 Å². The van der Waals surface area contributed by atoms with Crippen molar-refractivity contribution >= 4 is 5.69 Å². The predicted molar refractivity (Wildman–Crippen MR) is 79.4 cm³/mol. The van der Waals surface area contributed by atoms with Crippen LogP contribution in [0.25, 0.3) is 0 Å². The van der Waals surface area contributed by atoms with Crippen molar-refractivity contribution in [1.82, 2.24) is 9.88 Å². The van der Waals surface area contributed by atoms with E-state index in [2.05, 4.69) is 23.7 Å². The Morgan fingerprint density at radius 1 is 1.20 bits per heavy atom. The Labute approximate surface area is 119 Å². The number of halogens is 1. The van der Waals surface area contributed by atoms with Crippen LogP contribution in [0.3, 0.4) is 0 Å². The highest BCUT2D eigenvalue weighted by molar-refractivity contribution is 5.46. The number of pyridine rings is 1. The normalized spacial score (nSPS) is 11.2. The van der Waals surface area contributed by atoms with Crippen LogP contribution in [0.5, 0.6) is 0 Å². The summed E-state index contributed by atoms with van der Waals surface area (Å²) in [6.07, 6.45) is 2.92. The zero-order valence-corrected chi connectivity index (χ0v) is 11.9. The van der Waals surface area contributed by atoms with Crippen LogP contribution in [0.1, 0.15) is 25.0 Å². The molecule has 2 rings (SSSR count). The number of hydrogen-bond donors (Lipinski definition) is 1. The summed E-state index contributed by atoms with van der Waals surface area (Å²) >= 11 is 0. The third kappa shape index (κ3) is 3.78. The van der Waals surface area contributed by atoms with E-state index in [-0.39, 0.29) is 5.82 Å². The van der Waals surface area contributed by atoms with Gasteiger partial charge in [0, 0.05) is 31.0 Å². The molecule has 0 saturated carbocycles. The fourth-order valence-corrected chi connectivity index (χ4v) is 2.09. The second-order valence-corrected chi connectivity index (χ2v) is 5.21. The van der Waals surface area contributed by atoms with Crippen molar-refractivity contribution in [2.75, 3.05) is 5.73 Å². The van der Waals surface area contributed by atoms with E-state index >= 15 is 0 Å². The fraction of sp³-hybridized carbons (Fsp3) is 0.312. The molecule has 0 spiro atoms. The predicted octanol–water partition coefficient (Wildman–Crippen LogP) is 3.21. The lowest BCUT2D eigenvalue weighted by atomic mass is 10.1. The largest absolute Gasteiger partial charge is 0.398 e. The Bertz CT molecular complexity index is 569. The van der Waals surface area contributed by atoms with E-state index in [9.17, 15) is 4.39 Å². The zero-order chi connectivity index (χ0) is 14.5. The summed E-state index contributed by atoms with van der Waals surface area (Å²) in [5.74, 6) is -0.301. The monoisotopic (exact) mass is 273 g/mol. The molecule has 0 saturated heterocycles. The van der Waals surface area contributed by atoms with Crippen LogP contribution in [0.4, 0.5) is 10.1 Å². The summed E-state index contributed by atoms with van der Waals surface area (Å²) in [5, 5.41) is 0. The molecule has 0 aliphatic heterocycles. The Morgan fingerprint density at radius 3 is 2.60 bits per heavy atom. The van der Waals surface area contributed by atoms with Crippen molar-refractivity contribution in [3.05, 3.63) is 59.7 Å². The highest BCUT2D eigenvalue weighted by Crippen LogP contribution is 2.17. The van der Waals surface area contributed by atoms with Gasteiger partial charge in [-0.1, -0.05) is 18.2 Å². The first-order chi connectivity index (χ1) is 9.56. The number of aromatic nitrogens is 1. The molecule has 0 aliphatic rings. The molecule has 0 atom stereocenters. The van der Waals surface area contributed by atoms with Crippen LogP contribution in [0, 0.1) is 5.82 Å². The molecule has 0 unspecified atom stereocenters. The quantitative estimate of drug-likeness (QED) is 0.851. The number of anilines is 1. The zero-order valence-electron chi connectivity index (χ0n) is 11.9. The van der Waals surface area contributed by atoms with Crippen LogP contribution in [-0.2, 0) is 13.1 Å². The van der Waals surface area contributed by atoms with E-state index in [1.54, 1.807) is 6.20 Å².